The van der Waals surface area contributed by atoms with E-state index in [1.165, 1.54) is 0 Å². The molecule has 1 atom stereocenters. The highest BCUT2D eigenvalue weighted by molar-refractivity contribution is 5.93. The van der Waals surface area contributed by atoms with E-state index < -0.39 is 36.2 Å². The number of aliphatic hydroxyl groups excluding tert-OH is 1. The van der Waals surface area contributed by atoms with E-state index in [4.69, 9.17) is 9.84 Å². The summed E-state index contributed by atoms with van der Waals surface area (Å²) in [7, 11) is 0. The van der Waals surface area contributed by atoms with Crippen LogP contribution < -0.4 is 10.6 Å². The quantitative estimate of drug-likeness (QED) is 0.550. The molecular weight excluding hydrogens is 388 g/mol. The number of fused-ring (bicyclic) bond motifs is 3. The molecule has 0 unspecified atom stereocenters. The highest BCUT2D eigenvalue weighted by Gasteiger charge is 2.51. The Morgan fingerprint density at radius 2 is 1.60 bits per heavy atom. The number of ether oxygens (including phenoxy) is 1. The van der Waals surface area contributed by atoms with E-state index in [1.54, 1.807) is 0 Å². The van der Waals surface area contributed by atoms with Crippen molar-refractivity contribution in [2.75, 3.05) is 13.2 Å². The maximum Gasteiger partial charge on any atom is 0.408 e. The lowest BCUT2D eigenvalue weighted by molar-refractivity contribution is -0.146. The van der Waals surface area contributed by atoms with Crippen LogP contribution in [-0.4, -0.2) is 53.0 Å². The lowest BCUT2D eigenvalue weighted by Gasteiger charge is -2.19. The minimum atomic E-state index is -1.70. The first-order chi connectivity index (χ1) is 14.4. The Bertz CT molecular complexity index is 955. The number of hydrogen-bond acceptors (Lipinski definition) is 5. The average Bonchev–Trinajstić information content (AvgIpc) is 3.45. The molecule has 2 aromatic carbocycles. The molecule has 156 valence electrons. The van der Waals surface area contributed by atoms with Gasteiger partial charge in [0.25, 0.3) is 0 Å². The summed E-state index contributed by atoms with van der Waals surface area (Å²) in [5, 5.41) is 22.9. The first-order valence-corrected chi connectivity index (χ1v) is 9.73. The van der Waals surface area contributed by atoms with Crippen molar-refractivity contribution >= 4 is 18.0 Å². The van der Waals surface area contributed by atoms with Crippen molar-refractivity contribution in [3.63, 3.8) is 0 Å². The van der Waals surface area contributed by atoms with E-state index in [1.807, 2.05) is 48.5 Å². The molecule has 4 N–H and O–H groups in total. The number of rotatable bonds is 7. The molecule has 1 fully saturated rings. The Labute approximate surface area is 172 Å². The third-order valence-corrected chi connectivity index (χ3v) is 5.61. The van der Waals surface area contributed by atoms with Gasteiger partial charge in [-0.15, -0.1) is 0 Å². The summed E-state index contributed by atoms with van der Waals surface area (Å²) in [5.74, 6) is -2.04. The van der Waals surface area contributed by atoms with E-state index in [9.17, 15) is 19.5 Å². The maximum absolute atomic E-state index is 12.4. The van der Waals surface area contributed by atoms with Gasteiger partial charge < -0.3 is 25.6 Å². The Hall–Kier alpha value is -3.39. The molecule has 2 aliphatic carbocycles. The predicted molar refractivity (Wildman–Crippen MR) is 107 cm³/mol. The Morgan fingerprint density at radius 1 is 1.03 bits per heavy atom. The minimum absolute atomic E-state index is 0.0853. The van der Waals surface area contributed by atoms with Gasteiger partial charge in [-0.1, -0.05) is 48.5 Å². The summed E-state index contributed by atoms with van der Waals surface area (Å²) in [6.45, 7) is -0.294. The highest BCUT2D eigenvalue weighted by atomic mass is 16.5. The lowest BCUT2D eigenvalue weighted by atomic mass is 9.98. The second kappa shape index (κ2) is 7.79. The van der Waals surface area contributed by atoms with Gasteiger partial charge in [0, 0.05) is 5.92 Å². The molecule has 1 saturated carbocycles. The molecular formula is C22H22N2O6. The summed E-state index contributed by atoms with van der Waals surface area (Å²) in [6, 6.07) is 16.0. The predicted octanol–water partition coefficient (Wildman–Crippen LogP) is 1.62. The number of nitrogens with one attached hydrogen (secondary N) is 2. The van der Waals surface area contributed by atoms with Gasteiger partial charge >= 0.3 is 12.1 Å². The second-order valence-electron chi connectivity index (χ2n) is 7.60. The van der Waals surface area contributed by atoms with Crippen molar-refractivity contribution in [1.29, 1.82) is 0 Å². The Morgan fingerprint density at radius 3 is 2.13 bits per heavy atom. The van der Waals surface area contributed by atoms with Crippen molar-refractivity contribution in [3.8, 4) is 11.1 Å². The molecule has 0 aliphatic heterocycles. The van der Waals surface area contributed by atoms with Crippen LogP contribution in [0.1, 0.15) is 29.9 Å². The van der Waals surface area contributed by atoms with Crippen LogP contribution in [0, 0.1) is 0 Å². The van der Waals surface area contributed by atoms with E-state index in [0.717, 1.165) is 22.3 Å². The van der Waals surface area contributed by atoms with Crippen LogP contribution in [0.4, 0.5) is 4.79 Å². The Balaban J connectivity index is 1.37. The van der Waals surface area contributed by atoms with Crippen LogP contribution >= 0.6 is 0 Å². The van der Waals surface area contributed by atoms with Crippen molar-refractivity contribution in [1.82, 2.24) is 10.6 Å². The van der Waals surface area contributed by atoms with Crippen molar-refractivity contribution in [3.05, 3.63) is 59.7 Å². The number of carboxylic acid groups (broad SMARTS) is 1. The normalized spacial score (nSPS) is 16.7. The van der Waals surface area contributed by atoms with E-state index in [0.29, 0.717) is 12.8 Å². The number of aliphatic carboxylic acids is 1. The molecule has 2 aromatic rings. The number of carbonyl (C=O) groups excluding carboxylic acids is 2. The number of carbonyl (C=O) groups is 3. The lowest BCUT2D eigenvalue weighted by Crippen LogP contribution is -2.51. The molecule has 8 heteroatoms. The van der Waals surface area contributed by atoms with Crippen LogP contribution in [0.5, 0.6) is 0 Å². The summed E-state index contributed by atoms with van der Waals surface area (Å²) >= 11 is 0. The Kier molecular flexibility index (Phi) is 5.17. The van der Waals surface area contributed by atoms with Crippen molar-refractivity contribution in [2.24, 2.45) is 0 Å². The zero-order valence-corrected chi connectivity index (χ0v) is 16.1. The largest absolute Gasteiger partial charge is 0.479 e. The van der Waals surface area contributed by atoms with Gasteiger partial charge in [-0.3, -0.25) is 4.79 Å². The SMILES string of the molecule is O=C(NC1(C(=O)NC[C@H](O)C(=O)O)CC1)OCC1c2ccccc2-c2ccccc21. The third kappa shape index (κ3) is 3.73. The fraction of sp³-hybridized carbons (Fsp3) is 0.318. The van der Waals surface area contributed by atoms with Gasteiger partial charge in [-0.25, -0.2) is 9.59 Å². The molecule has 0 spiro atoms. The van der Waals surface area contributed by atoms with Crippen molar-refractivity contribution < 1.29 is 29.3 Å². The van der Waals surface area contributed by atoms with Gasteiger partial charge in [0.1, 0.15) is 12.1 Å². The topological polar surface area (TPSA) is 125 Å². The second-order valence-corrected chi connectivity index (χ2v) is 7.60. The van der Waals surface area contributed by atoms with Gasteiger partial charge in [0.2, 0.25) is 5.91 Å². The van der Waals surface area contributed by atoms with Crippen molar-refractivity contribution in [2.45, 2.75) is 30.4 Å². The molecule has 2 amide bonds. The fourth-order valence-corrected chi connectivity index (χ4v) is 3.81. The van der Waals surface area contributed by atoms with Gasteiger partial charge in [-0.05, 0) is 35.1 Å². The van der Waals surface area contributed by atoms with Gasteiger partial charge in [-0.2, -0.15) is 0 Å². The maximum atomic E-state index is 12.4. The van der Waals surface area contributed by atoms with Gasteiger partial charge in [0.05, 0.1) is 6.54 Å². The zero-order valence-electron chi connectivity index (χ0n) is 16.1. The minimum Gasteiger partial charge on any atom is -0.479 e. The number of hydrogen-bond donors (Lipinski definition) is 4. The fourth-order valence-electron chi connectivity index (χ4n) is 3.81. The van der Waals surface area contributed by atoms with Crippen LogP contribution in [0.15, 0.2) is 48.5 Å². The first-order valence-electron chi connectivity index (χ1n) is 9.73. The van der Waals surface area contributed by atoms with Crippen LogP contribution in [0.2, 0.25) is 0 Å². The number of alkyl carbamates (subject to hydrolysis) is 1. The summed E-state index contributed by atoms with van der Waals surface area (Å²) in [6.07, 6.45) is -1.55. The summed E-state index contributed by atoms with van der Waals surface area (Å²) in [4.78, 5) is 35.3. The number of aliphatic hydroxyl groups is 1. The molecule has 0 heterocycles. The van der Waals surface area contributed by atoms with Crippen LogP contribution in [0.25, 0.3) is 11.1 Å². The average molecular weight is 410 g/mol. The van der Waals surface area contributed by atoms with E-state index in [-0.39, 0.29) is 12.5 Å². The summed E-state index contributed by atoms with van der Waals surface area (Å²) < 4.78 is 5.46. The molecule has 0 radical (unpaired) electrons. The first kappa shape index (κ1) is 19.9. The van der Waals surface area contributed by atoms with Crippen LogP contribution in [0.3, 0.4) is 0 Å². The monoisotopic (exact) mass is 410 g/mol. The van der Waals surface area contributed by atoms with E-state index in [2.05, 4.69) is 10.6 Å². The smallest absolute Gasteiger partial charge is 0.408 e. The molecule has 30 heavy (non-hydrogen) atoms. The number of benzene rings is 2. The number of amides is 2. The molecule has 4 rings (SSSR count). The molecule has 0 aromatic heterocycles. The van der Waals surface area contributed by atoms with Crippen LogP contribution in [-0.2, 0) is 14.3 Å². The van der Waals surface area contributed by atoms with Gasteiger partial charge in [0.15, 0.2) is 6.10 Å². The molecule has 0 bridgehead atoms. The number of carboxylic acids is 1. The highest BCUT2D eigenvalue weighted by Crippen LogP contribution is 2.44. The molecule has 8 nitrogen and oxygen atoms in total. The van der Waals surface area contributed by atoms with E-state index >= 15 is 0 Å². The molecule has 2 aliphatic rings. The standard InChI is InChI=1S/C22H22N2O6/c25-18(19(26)27)11-23-20(28)22(9-10-22)24-21(29)30-12-17-15-7-3-1-5-13(15)14-6-2-4-8-16(14)17/h1-8,17-18,25H,9-12H2,(H,23,28)(H,24,29)(H,26,27)/t18-/m0/s1. The summed E-state index contributed by atoms with van der Waals surface area (Å²) in [5.41, 5.74) is 3.32. The zero-order chi connectivity index (χ0) is 21.3. The molecule has 0 saturated heterocycles. The third-order valence-electron chi connectivity index (χ3n) is 5.61.